The van der Waals surface area contributed by atoms with Crippen LogP contribution in [-0.4, -0.2) is 64.4 Å². The van der Waals surface area contributed by atoms with Crippen molar-refractivity contribution in [1.82, 2.24) is 19.4 Å². The molecule has 1 aromatic heterocycles. The van der Waals surface area contributed by atoms with Gasteiger partial charge in [0.25, 0.3) is 5.56 Å². The summed E-state index contributed by atoms with van der Waals surface area (Å²) >= 11 is 6.01. The summed E-state index contributed by atoms with van der Waals surface area (Å²) < 4.78 is 1.33. The summed E-state index contributed by atoms with van der Waals surface area (Å²) in [4.78, 5) is 49.1. The largest absolute Gasteiger partial charge is 0.368 e. The number of likely N-dealkylation sites (N-methyl/N-ethyl adjacent to an activating group) is 1. The fourth-order valence-electron chi connectivity index (χ4n) is 5.46. The van der Waals surface area contributed by atoms with Gasteiger partial charge in [-0.1, -0.05) is 30.5 Å². The lowest BCUT2D eigenvalue weighted by Crippen LogP contribution is -2.50. The van der Waals surface area contributed by atoms with Crippen LogP contribution in [0.5, 0.6) is 0 Å². The molecule has 2 amide bonds. The highest BCUT2D eigenvalue weighted by molar-refractivity contribution is 6.31. The molecule has 39 heavy (non-hydrogen) atoms. The minimum Gasteiger partial charge on any atom is -0.368 e. The van der Waals surface area contributed by atoms with Gasteiger partial charge in [0.1, 0.15) is 12.6 Å². The third-order valence-corrected chi connectivity index (χ3v) is 8.10. The highest BCUT2D eigenvalue weighted by Gasteiger charge is 2.29. The first kappa shape index (κ1) is 26.7. The van der Waals surface area contributed by atoms with Gasteiger partial charge in [0, 0.05) is 51.4 Å². The molecule has 0 atom stereocenters. The molecule has 2 aliphatic rings. The van der Waals surface area contributed by atoms with Crippen LogP contribution in [0.2, 0.25) is 5.02 Å². The van der Waals surface area contributed by atoms with Crippen molar-refractivity contribution in [2.24, 2.45) is 5.92 Å². The lowest BCUT2D eigenvalue weighted by atomic mass is 10.1. The first-order valence-corrected chi connectivity index (χ1v) is 13.7. The van der Waals surface area contributed by atoms with Gasteiger partial charge >= 0.3 is 0 Å². The van der Waals surface area contributed by atoms with E-state index in [0.717, 1.165) is 36.9 Å². The Balaban J connectivity index is 1.26. The van der Waals surface area contributed by atoms with Crippen molar-refractivity contribution in [1.29, 1.82) is 5.26 Å². The van der Waals surface area contributed by atoms with Crippen molar-refractivity contribution in [3.8, 4) is 6.07 Å². The van der Waals surface area contributed by atoms with Crippen molar-refractivity contribution in [3.63, 3.8) is 0 Å². The summed E-state index contributed by atoms with van der Waals surface area (Å²) in [6, 6.07) is 12.7. The highest BCUT2D eigenvalue weighted by Crippen LogP contribution is 2.28. The molecule has 0 spiro atoms. The van der Waals surface area contributed by atoms with Gasteiger partial charge in [-0.15, -0.1) is 0 Å². The molecule has 1 aliphatic heterocycles. The molecule has 1 aliphatic carbocycles. The minimum atomic E-state index is -0.281. The zero-order chi connectivity index (χ0) is 27.5. The number of benzene rings is 2. The first-order chi connectivity index (χ1) is 18.8. The van der Waals surface area contributed by atoms with E-state index in [0.29, 0.717) is 47.7 Å². The third kappa shape index (κ3) is 5.76. The second kappa shape index (κ2) is 11.5. The summed E-state index contributed by atoms with van der Waals surface area (Å²) in [7, 11) is 1.65. The van der Waals surface area contributed by atoms with Crippen LogP contribution in [0.4, 0.5) is 5.69 Å². The number of anilines is 1. The topological polar surface area (TPSA) is 103 Å². The van der Waals surface area contributed by atoms with Crippen molar-refractivity contribution in [2.45, 2.75) is 38.8 Å². The fraction of sp³-hybridized carbons (Fsp3) is 0.414. The van der Waals surface area contributed by atoms with Crippen LogP contribution in [0.25, 0.3) is 10.9 Å². The van der Waals surface area contributed by atoms with E-state index in [1.54, 1.807) is 25.2 Å². The van der Waals surface area contributed by atoms with E-state index in [1.807, 2.05) is 29.2 Å². The molecule has 0 N–H and O–H groups in total. The fourth-order valence-corrected chi connectivity index (χ4v) is 5.62. The number of rotatable bonds is 6. The summed E-state index contributed by atoms with van der Waals surface area (Å²) in [6.45, 7) is 2.90. The van der Waals surface area contributed by atoms with Crippen LogP contribution >= 0.6 is 11.6 Å². The lowest BCUT2D eigenvalue weighted by molar-refractivity contribution is -0.135. The van der Waals surface area contributed by atoms with Crippen LogP contribution in [-0.2, 0) is 22.7 Å². The average Bonchev–Trinajstić information content (AvgIpc) is 3.50. The molecule has 5 rings (SSSR count). The summed E-state index contributed by atoms with van der Waals surface area (Å²) in [5.74, 6) is 0.213. The molecule has 0 bridgehead atoms. The van der Waals surface area contributed by atoms with E-state index in [2.05, 4.69) is 9.88 Å². The number of amides is 2. The van der Waals surface area contributed by atoms with Crippen molar-refractivity contribution >= 4 is 40.0 Å². The number of aromatic nitrogens is 2. The molecule has 0 radical (unpaired) electrons. The minimum absolute atomic E-state index is 0.150. The summed E-state index contributed by atoms with van der Waals surface area (Å²) in [5.41, 5.74) is 2.32. The van der Waals surface area contributed by atoms with Crippen LogP contribution < -0.4 is 10.5 Å². The van der Waals surface area contributed by atoms with Gasteiger partial charge in [-0.2, -0.15) is 5.26 Å². The number of hydrogen-bond donors (Lipinski definition) is 0. The molecule has 0 unspecified atom stereocenters. The zero-order valence-electron chi connectivity index (χ0n) is 22.0. The van der Waals surface area contributed by atoms with Gasteiger partial charge in [0.2, 0.25) is 11.8 Å². The molecule has 2 aromatic carbocycles. The molecule has 1 saturated carbocycles. The Morgan fingerprint density at radius 2 is 1.85 bits per heavy atom. The van der Waals surface area contributed by atoms with Gasteiger partial charge in [0.05, 0.1) is 27.8 Å². The van der Waals surface area contributed by atoms with Crippen LogP contribution in [0.1, 0.15) is 36.8 Å². The maximum Gasteiger partial charge on any atom is 0.261 e. The van der Waals surface area contributed by atoms with Crippen LogP contribution in [0.3, 0.4) is 0 Å². The van der Waals surface area contributed by atoms with E-state index in [1.165, 1.54) is 15.8 Å². The van der Waals surface area contributed by atoms with Gasteiger partial charge in [-0.3, -0.25) is 19.0 Å². The quantitative estimate of drug-likeness (QED) is 0.469. The van der Waals surface area contributed by atoms with E-state index < -0.39 is 0 Å². The van der Waals surface area contributed by atoms with Crippen LogP contribution in [0, 0.1) is 17.2 Å². The van der Waals surface area contributed by atoms with Gasteiger partial charge in [-0.25, -0.2) is 4.98 Å². The predicted octanol–water partition coefficient (Wildman–Crippen LogP) is 3.42. The summed E-state index contributed by atoms with van der Waals surface area (Å²) in [6.07, 6.45) is 5.70. The second-order valence-electron chi connectivity index (χ2n) is 10.3. The predicted molar refractivity (Wildman–Crippen MR) is 149 cm³/mol. The van der Waals surface area contributed by atoms with Crippen LogP contribution in [0.15, 0.2) is 47.5 Å². The Bertz CT molecular complexity index is 1500. The number of piperazine rings is 1. The maximum absolute atomic E-state index is 13.3. The first-order valence-electron chi connectivity index (χ1n) is 13.3. The Morgan fingerprint density at radius 3 is 2.56 bits per heavy atom. The number of carbonyl (C=O) groups excluding carboxylic acids is 2. The molecule has 1 saturated heterocycles. The molecular weight excluding hydrogens is 516 g/mol. The van der Waals surface area contributed by atoms with E-state index in [4.69, 9.17) is 11.6 Å². The maximum atomic E-state index is 13.3. The molecule has 10 heteroatoms. The van der Waals surface area contributed by atoms with Crippen molar-refractivity contribution in [2.75, 3.05) is 38.1 Å². The smallest absolute Gasteiger partial charge is 0.261 e. The SMILES string of the molecule is CN(Cc1ccc(Cl)c(C#N)c1)C(=O)Cn1cnc2ccc(N3CCN(C(=O)C4CCCC4)CC3)cc2c1=O. The average molecular weight is 547 g/mol. The number of nitriles is 1. The Hall–Kier alpha value is -3.90. The third-order valence-electron chi connectivity index (χ3n) is 7.77. The summed E-state index contributed by atoms with van der Waals surface area (Å²) in [5, 5.41) is 10.0. The number of halogens is 1. The standard InChI is InChI=1S/C29H31ClN6O3/c1-33(17-20-6-8-25(30)22(14-20)16-31)27(37)18-36-19-32-26-9-7-23(15-24(26)29(36)39)34-10-12-35(13-11-34)28(38)21-4-2-3-5-21/h6-9,14-15,19,21H,2-5,10-13,17-18H2,1H3. The van der Waals surface area contributed by atoms with Crippen molar-refractivity contribution in [3.05, 3.63) is 69.2 Å². The number of nitrogens with zero attached hydrogens (tertiary/aromatic N) is 6. The molecule has 202 valence electrons. The van der Waals surface area contributed by atoms with E-state index >= 15 is 0 Å². The Labute approximate surface area is 232 Å². The van der Waals surface area contributed by atoms with Crippen molar-refractivity contribution < 1.29 is 9.59 Å². The lowest BCUT2D eigenvalue weighted by Gasteiger charge is -2.37. The molecular formula is C29H31ClN6O3. The monoisotopic (exact) mass is 546 g/mol. The van der Waals surface area contributed by atoms with E-state index in [9.17, 15) is 19.6 Å². The number of fused-ring (bicyclic) bond motifs is 1. The highest BCUT2D eigenvalue weighted by atomic mass is 35.5. The van der Waals surface area contributed by atoms with Gasteiger partial charge < -0.3 is 14.7 Å². The molecule has 9 nitrogen and oxygen atoms in total. The normalized spacial score (nSPS) is 15.9. The van der Waals surface area contributed by atoms with Gasteiger partial charge in [-0.05, 0) is 48.7 Å². The molecule has 2 heterocycles. The second-order valence-corrected chi connectivity index (χ2v) is 10.8. The zero-order valence-corrected chi connectivity index (χ0v) is 22.7. The molecule has 2 fully saturated rings. The van der Waals surface area contributed by atoms with E-state index in [-0.39, 0.29) is 36.4 Å². The van der Waals surface area contributed by atoms with Gasteiger partial charge in [0.15, 0.2) is 0 Å². The number of hydrogen-bond acceptors (Lipinski definition) is 6. The Morgan fingerprint density at radius 1 is 1.10 bits per heavy atom. The number of carbonyl (C=O) groups is 2. The molecule has 3 aromatic rings. The Kier molecular flexibility index (Phi) is 7.84.